The second-order valence-corrected chi connectivity index (χ2v) is 5.67. The first-order valence-corrected chi connectivity index (χ1v) is 7.55. The molecule has 0 bridgehead atoms. The maximum absolute atomic E-state index is 12.0. The lowest BCUT2D eigenvalue weighted by atomic mass is 9.93. The third kappa shape index (κ3) is 3.12. The van der Waals surface area contributed by atoms with E-state index in [4.69, 9.17) is 4.74 Å². The molecular weight excluding hydrogens is 252 g/mol. The highest BCUT2D eigenvalue weighted by Crippen LogP contribution is 2.32. The van der Waals surface area contributed by atoms with Crippen LogP contribution in [0.25, 0.3) is 0 Å². The molecule has 0 aliphatic carbocycles. The van der Waals surface area contributed by atoms with Crippen LogP contribution in [0.15, 0.2) is 24.3 Å². The minimum absolute atomic E-state index is 0.161. The van der Waals surface area contributed by atoms with Crippen LogP contribution in [0.2, 0.25) is 0 Å². The van der Waals surface area contributed by atoms with Crippen LogP contribution in [0.1, 0.15) is 37.2 Å². The second kappa shape index (κ2) is 6.27. The molecule has 1 aromatic carbocycles. The number of nitrogens with one attached hydrogen (secondary N) is 2. The van der Waals surface area contributed by atoms with Gasteiger partial charge >= 0.3 is 0 Å². The molecule has 1 saturated heterocycles. The molecule has 20 heavy (non-hydrogen) atoms. The Morgan fingerprint density at radius 3 is 3.10 bits per heavy atom. The SMILES string of the molecule is O=C(CC1CCCN1)NCC1CCOc2ccccc21. The molecule has 0 saturated carbocycles. The summed E-state index contributed by atoms with van der Waals surface area (Å²) in [5.41, 5.74) is 1.22. The average molecular weight is 274 g/mol. The van der Waals surface area contributed by atoms with Crippen LogP contribution >= 0.6 is 0 Å². The summed E-state index contributed by atoms with van der Waals surface area (Å²) < 4.78 is 5.65. The van der Waals surface area contributed by atoms with E-state index in [-0.39, 0.29) is 5.91 Å². The van der Waals surface area contributed by atoms with Gasteiger partial charge in [-0.3, -0.25) is 4.79 Å². The summed E-state index contributed by atoms with van der Waals surface area (Å²) >= 11 is 0. The Balaban J connectivity index is 1.52. The lowest BCUT2D eigenvalue weighted by molar-refractivity contribution is -0.121. The van der Waals surface area contributed by atoms with Gasteiger partial charge in [0.1, 0.15) is 5.75 Å². The fourth-order valence-corrected chi connectivity index (χ4v) is 3.09. The quantitative estimate of drug-likeness (QED) is 0.880. The van der Waals surface area contributed by atoms with Crippen molar-refractivity contribution in [3.05, 3.63) is 29.8 Å². The molecule has 2 unspecified atom stereocenters. The number of carbonyl (C=O) groups is 1. The van der Waals surface area contributed by atoms with Crippen molar-refractivity contribution < 1.29 is 9.53 Å². The van der Waals surface area contributed by atoms with Gasteiger partial charge in [-0.2, -0.15) is 0 Å². The molecule has 1 aromatic rings. The van der Waals surface area contributed by atoms with Gasteiger partial charge in [-0.25, -0.2) is 0 Å². The average Bonchev–Trinajstić information content (AvgIpc) is 2.98. The van der Waals surface area contributed by atoms with Gasteiger partial charge in [-0.15, -0.1) is 0 Å². The number of hydrogen-bond donors (Lipinski definition) is 2. The van der Waals surface area contributed by atoms with Crippen molar-refractivity contribution in [1.29, 1.82) is 0 Å². The summed E-state index contributed by atoms with van der Waals surface area (Å²) in [6.45, 7) is 2.50. The first kappa shape index (κ1) is 13.4. The lowest BCUT2D eigenvalue weighted by Gasteiger charge is -2.26. The van der Waals surface area contributed by atoms with Crippen molar-refractivity contribution in [3.8, 4) is 5.75 Å². The lowest BCUT2D eigenvalue weighted by Crippen LogP contribution is -2.35. The molecule has 2 heterocycles. The van der Waals surface area contributed by atoms with Crippen LogP contribution in [-0.4, -0.2) is 31.6 Å². The molecule has 2 N–H and O–H groups in total. The Labute approximate surface area is 119 Å². The molecule has 2 aliphatic heterocycles. The fraction of sp³-hybridized carbons (Fsp3) is 0.562. The van der Waals surface area contributed by atoms with Gasteiger partial charge in [0, 0.05) is 24.9 Å². The van der Waals surface area contributed by atoms with Crippen LogP contribution in [-0.2, 0) is 4.79 Å². The predicted octanol–water partition coefficient (Wildman–Crippen LogP) is 1.81. The number of para-hydroxylation sites is 1. The Bertz CT molecular complexity index is 469. The van der Waals surface area contributed by atoms with E-state index < -0.39 is 0 Å². The highest BCUT2D eigenvalue weighted by Gasteiger charge is 2.22. The van der Waals surface area contributed by atoms with Gasteiger partial charge in [0.15, 0.2) is 0 Å². The van der Waals surface area contributed by atoms with Crippen LogP contribution in [0.3, 0.4) is 0 Å². The number of fused-ring (bicyclic) bond motifs is 1. The van der Waals surface area contributed by atoms with Gasteiger partial charge in [-0.1, -0.05) is 18.2 Å². The molecule has 1 fully saturated rings. The van der Waals surface area contributed by atoms with Crippen molar-refractivity contribution >= 4 is 5.91 Å². The van der Waals surface area contributed by atoms with Crippen LogP contribution in [0.5, 0.6) is 5.75 Å². The minimum atomic E-state index is 0.161. The summed E-state index contributed by atoms with van der Waals surface area (Å²) in [7, 11) is 0. The summed E-state index contributed by atoms with van der Waals surface area (Å²) in [5, 5.41) is 6.45. The molecule has 0 aromatic heterocycles. The van der Waals surface area contributed by atoms with Gasteiger partial charge in [0.2, 0.25) is 5.91 Å². The van der Waals surface area contributed by atoms with E-state index in [1.807, 2.05) is 18.2 Å². The van der Waals surface area contributed by atoms with Crippen LogP contribution < -0.4 is 15.4 Å². The monoisotopic (exact) mass is 274 g/mol. The van der Waals surface area contributed by atoms with Gasteiger partial charge < -0.3 is 15.4 Å². The van der Waals surface area contributed by atoms with E-state index >= 15 is 0 Å². The highest BCUT2D eigenvalue weighted by molar-refractivity contribution is 5.76. The third-order valence-corrected chi connectivity index (χ3v) is 4.22. The number of hydrogen-bond acceptors (Lipinski definition) is 3. The van der Waals surface area contributed by atoms with Gasteiger partial charge in [0.05, 0.1) is 6.61 Å². The zero-order chi connectivity index (χ0) is 13.8. The molecule has 0 spiro atoms. The van der Waals surface area contributed by atoms with E-state index in [1.54, 1.807) is 0 Å². The molecule has 2 aliphatic rings. The summed E-state index contributed by atoms with van der Waals surface area (Å²) in [5.74, 6) is 1.50. The van der Waals surface area contributed by atoms with Crippen LogP contribution in [0.4, 0.5) is 0 Å². The first-order valence-electron chi connectivity index (χ1n) is 7.55. The number of carbonyl (C=O) groups excluding carboxylic acids is 1. The summed E-state index contributed by atoms with van der Waals surface area (Å²) in [6, 6.07) is 8.50. The third-order valence-electron chi connectivity index (χ3n) is 4.22. The van der Waals surface area contributed by atoms with E-state index in [9.17, 15) is 4.79 Å². The first-order chi connectivity index (χ1) is 9.83. The van der Waals surface area contributed by atoms with Gasteiger partial charge in [-0.05, 0) is 37.4 Å². The normalized spacial score (nSPS) is 24.8. The number of ether oxygens (including phenoxy) is 1. The molecule has 1 amide bonds. The van der Waals surface area contributed by atoms with Crippen molar-refractivity contribution in [2.24, 2.45) is 0 Å². The Hall–Kier alpha value is -1.55. The number of amides is 1. The standard InChI is InChI=1S/C16H22N2O2/c19-16(10-13-4-3-8-17-13)18-11-12-7-9-20-15-6-2-1-5-14(12)15/h1-2,5-6,12-13,17H,3-4,7-11H2,(H,18,19). The zero-order valence-corrected chi connectivity index (χ0v) is 11.7. The molecule has 108 valence electrons. The smallest absolute Gasteiger partial charge is 0.221 e. The van der Waals surface area contributed by atoms with Crippen molar-refractivity contribution in [1.82, 2.24) is 10.6 Å². The summed E-state index contributed by atoms with van der Waals surface area (Å²) in [6.07, 6.45) is 3.88. The van der Waals surface area contributed by atoms with E-state index in [0.29, 0.717) is 24.9 Å². The number of rotatable bonds is 4. The van der Waals surface area contributed by atoms with Crippen molar-refractivity contribution in [2.45, 2.75) is 37.6 Å². The van der Waals surface area contributed by atoms with Crippen LogP contribution in [0, 0.1) is 0 Å². The predicted molar refractivity (Wildman–Crippen MR) is 77.9 cm³/mol. The Kier molecular flexibility index (Phi) is 4.21. The van der Waals surface area contributed by atoms with E-state index in [0.717, 1.165) is 31.7 Å². The fourth-order valence-electron chi connectivity index (χ4n) is 3.09. The molecule has 2 atom stereocenters. The maximum atomic E-state index is 12.0. The van der Waals surface area contributed by atoms with E-state index in [1.165, 1.54) is 12.0 Å². The molecular formula is C16H22N2O2. The van der Waals surface area contributed by atoms with Crippen molar-refractivity contribution in [3.63, 3.8) is 0 Å². The minimum Gasteiger partial charge on any atom is -0.493 e. The largest absolute Gasteiger partial charge is 0.493 e. The second-order valence-electron chi connectivity index (χ2n) is 5.67. The molecule has 3 rings (SSSR count). The maximum Gasteiger partial charge on any atom is 0.221 e. The highest BCUT2D eigenvalue weighted by atomic mass is 16.5. The van der Waals surface area contributed by atoms with Gasteiger partial charge in [0.25, 0.3) is 0 Å². The Morgan fingerprint density at radius 2 is 2.25 bits per heavy atom. The topological polar surface area (TPSA) is 50.4 Å². The molecule has 0 radical (unpaired) electrons. The molecule has 4 nitrogen and oxygen atoms in total. The molecule has 4 heteroatoms. The van der Waals surface area contributed by atoms with Crippen molar-refractivity contribution in [2.75, 3.05) is 19.7 Å². The Morgan fingerprint density at radius 1 is 1.35 bits per heavy atom. The summed E-state index contributed by atoms with van der Waals surface area (Å²) in [4.78, 5) is 12.0. The zero-order valence-electron chi connectivity index (χ0n) is 11.7. The number of benzene rings is 1. The van der Waals surface area contributed by atoms with E-state index in [2.05, 4.69) is 16.7 Å².